The molecule has 5 heteroatoms. The molecule has 32 heavy (non-hydrogen) atoms. The lowest BCUT2D eigenvalue weighted by Crippen LogP contribution is -2.41. The van der Waals surface area contributed by atoms with Gasteiger partial charge < -0.3 is 9.47 Å². The molecular formula is C27H36N2O3. The summed E-state index contributed by atoms with van der Waals surface area (Å²) in [4.78, 5) is 18.3. The van der Waals surface area contributed by atoms with Gasteiger partial charge in [-0.15, -0.1) is 0 Å². The number of rotatable bonds is 8. The Morgan fingerprint density at radius 2 is 2.03 bits per heavy atom. The van der Waals surface area contributed by atoms with Crippen LogP contribution in [0, 0.1) is 18.3 Å². The second kappa shape index (κ2) is 10.5. The van der Waals surface area contributed by atoms with Crippen LogP contribution in [0.3, 0.4) is 0 Å². The lowest BCUT2D eigenvalue weighted by Gasteiger charge is -2.39. The van der Waals surface area contributed by atoms with Gasteiger partial charge in [0.1, 0.15) is 5.75 Å². The fraction of sp³-hybridized carbons (Fsp3) is 0.556. The summed E-state index contributed by atoms with van der Waals surface area (Å²) in [5.74, 6) is 1.63. The average Bonchev–Trinajstić information content (AvgIpc) is 3.20. The number of piperidine rings is 1. The minimum atomic E-state index is -0.0900. The lowest BCUT2D eigenvalue weighted by molar-refractivity contribution is -0.145. The first kappa shape index (κ1) is 22.8. The fourth-order valence-corrected chi connectivity index (χ4v) is 5.54. The van der Waals surface area contributed by atoms with E-state index in [9.17, 15) is 4.79 Å². The van der Waals surface area contributed by atoms with Crippen LogP contribution in [0.15, 0.2) is 42.7 Å². The van der Waals surface area contributed by atoms with Crippen LogP contribution in [-0.4, -0.2) is 48.7 Å². The Morgan fingerprint density at radius 1 is 1.19 bits per heavy atom. The number of carbonyl (C=O) groups excluding carboxylic acids is 1. The smallest absolute Gasteiger partial charge is 0.320 e. The third-order valence-electron chi connectivity index (χ3n) is 7.42. The molecule has 172 valence electrons. The molecule has 4 rings (SSSR count). The fourth-order valence-electron chi connectivity index (χ4n) is 5.54. The largest absolute Gasteiger partial charge is 0.493 e. The number of aromatic nitrogens is 1. The molecular weight excluding hydrogens is 400 g/mol. The summed E-state index contributed by atoms with van der Waals surface area (Å²) in [6.07, 6.45) is 11.2. The molecule has 1 atom stereocenters. The van der Waals surface area contributed by atoms with Crippen molar-refractivity contribution in [2.24, 2.45) is 11.3 Å². The van der Waals surface area contributed by atoms with Gasteiger partial charge in [0.25, 0.3) is 0 Å². The number of benzene rings is 1. The Labute approximate surface area is 192 Å². The summed E-state index contributed by atoms with van der Waals surface area (Å²) in [6, 6.07) is 10.3. The first-order valence-corrected chi connectivity index (χ1v) is 12.1. The number of nitrogens with zero attached hydrogens (tertiary/aromatic N) is 2. The van der Waals surface area contributed by atoms with E-state index in [-0.39, 0.29) is 5.97 Å². The second-order valence-electron chi connectivity index (χ2n) is 9.50. The highest BCUT2D eigenvalue weighted by atomic mass is 16.5. The molecule has 1 spiro atoms. The van der Waals surface area contributed by atoms with Crippen molar-refractivity contribution in [1.82, 2.24) is 9.88 Å². The summed E-state index contributed by atoms with van der Waals surface area (Å²) in [5.41, 5.74) is 3.97. The van der Waals surface area contributed by atoms with E-state index < -0.39 is 0 Å². The number of ether oxygens (including phenoxy) is 2. The Bertz CT molecular complexity index is 891. The zero-order valence-electron chi connectivity index (χ0n) is 19.5. The van der Waals surface area contributed by atoms with Crippen molar-refractivity contribution in [3.8, 4) is 16.9 Å². The van der Waals surface area contributed by atoms with E-state index in [1.807, 2.05) is 19.2 Å². The molecule has 0 N–H and O–H groups in total. The zero-order chi connectivity index (χ0) is 22.4. The maximum atomic E-state index is 11.8. The topological polar surface area (TPSA) is 51.7 Å². The highest BCUT2D eigenvalue weighted by Crippen LogP contribution is 2.49. The van der Waals surface area contributed by atoms with Crippen LogP contribution in [0.2, 0.25) is 0 Å². The van der Waals surface area contributed by atoms with Crippen LogP contribution in [0.4, 0.5) is 0 Å². The predicted octanol–water partition coefficient (Wildman–Crippen LogP) is 5.27. The monoisotopic (exact) mass is 436 g/mol. The van der Waals surface area contributed by atoms with Gasteiger partial charge in [-0.05, 0) is 100 Å². The van der Waals surface area contributed by atoms with Gasteiger partial charge in [-0.2, -0.15) is 0 Å². The zero-order valence-corrected chi connectivity index (χ0v) is 19.5. The molecule has 2 aromatic rings. The van der Waals surface area contributed by atoms with Crippen molar-refractivity contribution in [2.75, 3.05) is 32.8 Å². The quantitative estimate of drug-likeness (QED) is 0.528. The number of likely N-dealkylation sites (tertiary alicyclic amines) is 1. The van der Waals surface area contributed by atoms with E-state index >= 15 is 0 Å². The molecule has 5 nitrogen and oxygen atoms in total. The number of carbonyl (C=O) groups is 1. The molecule has 1 aliphatic carbocycles. The Morgan fingerprint density at radius 3 is 2.78 bits per heavy atom. The van der Waals surface area contributed by atoms with Crippen LogP contribution in [0.25, 0.3) is 11.1 Å². The third kappa shape index (κ3) is 5.50. The van der Waals surface area contributed by atoms with Crippen LogP contribution in [0.1, 0.15) is 51.0 Å². The van der Waals surface area contributed by atoms with Gasteiger partial charge in [0, 0.05) is 18.0 Å². The molecule has 2 aliphatic rings. The Kier molecular flexibility index (Phi) is 7.46. The molecule has 2 fully saturated rings. The lowest BCUT2D eigenvalue weighted by atomic mass is 9.76. The second-order valence-corrected chi connectivity index (χ2v) is 9.50. The molecule has 0 bridgehead atoms. The number of pyridine rings is 1. The highest BCUT2D eigenvalue weighted by Gasteiger charge is 2.41. The minimum absolute atomic E-state index is 0.0900. The van der Waals surface area contributed by atoms with Crippen LogP contribution in [0.5, 0.6) is 5.75 Å². The molecule has 1 aromatic carbocycles. The van der Waals surface area contributed by atoms with Gasteiger partial charge in [0.05, 0.1) is 19.8 Å². The van der Waals surface area contributed by atoms with Gasteiger partial charge in [0.2, 0.25) is 0 Å². The molecule has 2 heterocycles. The summed E-state index contributed by atoms with van der Waals surface area (Å²) in [5, 5.41) is 0. The van der Waals surface area contributed by atoms with E-state index in [0.717, 1.165) is 43.3 Å². The van der Waals surface area contributed by atoms with E-state index in [1.165, 1.54) is 43.2 Å². The normalized spacial score (nSPS) is 20.4. The predicted molar refractivity (Wildman–Crippen MR) is 127 cm³/mol. The Hall–Kier alpha value is -2.40. The van der Waals surface area contributed by atoms with Gasteiger partial charge in [-0.25, -0.2) is 0 Å². The Balaban J connectivity index is 1.24. The first-order chi connectivity index (χ1) is 15.6. The molecule has 1 saturated heterocycles. The van der Waals surface area contributed by atoms with Crippen molar-refractivity contribution in [2.45, 2.75) is 52.4 Å². The van der Waals surface area contributed by atoms with Crippen LogP contribution >= 0.6 is 0 Å². The standard InChI is InChI=1S/C27H36N2O3/c1-3-31-26(30)20-29-15-12-27(13-16-29)11-9-22(18-27)10-17-32-25-8-4-7-24(21(25)2)23-6-5-14-28-19-23/h4-8,14,19,22H,3,9-13,15-18,20H2,1-2H3. The van der Waals surface area contributed by atoms with E-state index in [0.29, 0.717) is 18.6 Å². The van der Waals surface area contributed by atoms with Gasteiger partial charge in [0.15, 0.2) is 0 Å². The van der Waals surface area contributed by atoms with Gasteiger partial charge in [-0.1, -0.05) is 18.2 Å². The van der Waals surface area contributed by atoms with Crippen LogP contribution in [-0.2, 0) is 9.53 Å². The molecule has 1 aromatic heterocycles. The number of esters is 1. The first-order valence-electron chi connectivity index (χ1n) is 12.1. The number of hydrogen-bond acceptors (Lipinski definition) is 5. The third-order valence-corrected chi connectivity index (χ3v) is 7.42. The van der Waals surface area contributed by atoms with Gasteiger partial charge in [-0.3, -0.25) is 14.7 Å². The van der Waals surface area contributed by atoms with Crippen molar-refractivity contribution >= 4 is 5.97 Å². The van der Waals surface area contributed by atoms with Gasteiger partial charge >= 0.3 is 5.97 Å². The summed E-state index contributed by atoms with van der Waals surface area (Å²) >= 11 is 0. The molecule has 0 radical (unpaired) electrons. The summed E-state index contributed by atoms with van der Waals surface area (Å²) in [6.45, 7) is 7.71. The van der Waals surface area contributed by atoms with Crippen molar-refractivity contribution in [3.05, 3.63) is 48.3 Å². The van der Waals surface area contributed by atoms with Crippen molar-refractivity contribution in [3.63, 3.8) is 0 Å². The number of hydrogen-bond donors (Lipinski definition) is 0. The molecule has 1 unspecified atom stereocenters. The maximum absolute atomic E-state index is 11.8. The maximum Gasteiger partial charge on any atom is 0.320 e. The van der Waals surface area contributed by atoms with Crippen molar-refractivity contribution in [1.29, 1.82) is 0 Å². The minimum Gasteiger partial charge on any atom is -0.493 e. The van der Waals surface area contributed by atoms with E-state index in [2.05, 4.69) is 41.1 Å². The van der Waals surface area contributed by atoms with Crippen molar-refractivity contribution < 1.29 is 14.3 Å². The summed E-state index contributed by atoms with van der Waals surface area (Å²) in [7, 11) is 0. The van der Waals surface area contributed by atoms with Crippen LogP contribution < -0.4 is 4.74 Å². The molecule has 0 amide bonds. The molecule has 1 saturated carbocycles. The summed E-state index contributed by atoms with van der Waals surface area (Å²) < 4.78 is 11.3. The SMILES string of the molecule is CCOC(=O)CN1CCC2(CCC(CCOc3cccc(-c4cccnc4)c3C)C2)CC1. The average molecular weight is 437 g/mol. The van der Waals surface area contributed by atoms with E-state index in [4.69, 9.17) is 9.47 Å². The highest BCUT2D eigenvalue weighted by molar-refractivity contribution is 5.71. The molecule has 1 aliphatic heterocycles. The van der Waals surface area contributed by atoms with E-state index in [1.54, 1.807) is 6.20 Å².